The second-order valence-electron chi connectivity index (χ2n) is 5.22. The molecule has 6 heteroatoms. The summed E-state index contributed by atoms with van der Waals surface area (Å²) in [6.45, 7) is 4.72. The number of hydrogen-bond donors (Lipinski definition) is 0. The summed E-state index contributed by atoms with van der Waals surface area (Å²) in [4.78, 5) is 0. The van der Waals surface area contributed by atoms with Crippen molar-refractivity contribution in [2.75, 3.05) is 12.4 Å². The SMILES string of the molecule is Cc1ccc(OCCSc2nnnn2-c2cccc(C)c2)cc1. The van der Waals surface area contributed by atoms with Gasteiger partial charge >= 0.3 is 0 Å². The fraction of sp³-hybridized carbons (Fsp3) is 0.235. The summed E-state index contributed by atoms with van der Waals surface area (Å²) >= 11 is 1.58. The lowest BCUT2D eigenvalue weighted by molar-refractivity contribution is 0.344. The highest BCUT2D eigenvalue weighted by molar-refractivity contribution is 7.99. The Bertz CT molecular complexity index is 770. The summed E-state index contributed by atoms with van der Waals surface area (Å²) in [7, 11) is 0. The van der Waals surface area contributed by atoms with Gasteiger partial charge in [0.25, 0.3) is 0 Å². The van der Waals surface area contributed by atoms with Gasteiger partial charge in [0.1, 0.15) is 5.75 Å². The summed E-state index contributed by atoms with van der Waals surface area (Å²) in [6, 6.07) is 16.2. The van der Waals surface area contributed by atoms with Crippen LogP contribution in [0.5, 0.6) is 5.75 Å². The average Bonchev–Trinajstić information content (AvgIpc) is 3.02. The van der Waals surface area contributed by atoms with E-state index in [0.29, 0.717) is 6.61 Å². The van der Waals surface area contributed by atoms with Crippen LogP contribution < -0.4 is 4.74 Å². The number of aromatic nitrogens is 4. The number of ether oxygens (including phenoxy) is 1. The molecule has 0 unspecified atom stereocenters. The predicted molar refractivity (Wildman–Crippen MR) is 91.3 cm³/mol. The molecule has 2 aromatic carbocycles. The van der Waals surface area contributed by atoms with Crippen LogP contribution in [0.25, 0.3) is 5.69 Å². The Kier molecular flexibility index (Phi) is 4.92. The average molecular weight is 326 g/mol. The van der Waals surface area contributed by atoms with Gasteiger partial charge in [-0.25, -0.2) is 0 Å². The van der Waals surface area contributed by atoms with Crippen LogP contribution >= 0.6 is 11.8 Å². The molecule has 0 amide bonds. The zero-order chi connectivity index (χ0) is 16.1. The van der Waals surface area contributed by atoms with Gasteiger partial charge in [-0.2, -0.15) is 4.68 Å². The van der Waals surface area contributed by atoms with E-state index in [1.165, 1.54) is 11.1 Å². The Morgan fingerprint density at radius 3 is 2.65 bits per heavy atom. The zero-order valence-electron chi connectivity index (χ0n) is 13.1. The minimum Gasteiger partial charge on any atom is -0.493 e. The quantitative estimate of drug-likeness (QED) is 0.513. The molecular formula is C17H18N4OS. The van der Waals surface area contributed by atoms with Gasteiger partial charge in [0.15, 0.2) is 0 Å². The first-order chi connectivity index (χ1) is 11.2. The maximum absolute atomic E-state index is 5.73. The van der Waals surface area contributed by atoms with E-state index >= 15 is 0 Å². The highest BCUT2D eigenvalue weighted by Crippen LogP contribution is 2.19. The molecule has 0 aliphatic rings. The fourth-order valence-corrected chi connectivity index (χ4v) is 2.83. The van der Waals surface area contributed by atoms with Crippen molar-refractivity contribution in [2.45, 2.75) is 19.0 Å². The maximum Gasteiger partial charge on any atom is 0.214 e. The first-order valence-electron chi connectivity index (χ1n) is 7.40. The molecule has 1 heterocycles. The van der Waals surface area contributed by atoms with Crippen LogP contribution in [0.2, 0.25) is 0 Å². The molecule has 0 radical (unpaired) electrons. The van der Waals surface area contributed by atoms with Gasteiger partial charge in [-0.3, -0.25) is 0 Å². The van der Waals surface area contributed by atoms with E-state index in [2.05, 4.69) is 41.5 Å². The Hall–Kier alpha value is -2.34. The summed E-state index contributed by atoms with van der Waals surface area (Å²) < 4.78 is 7.48. The number of benzene rings is 2. The Morgan fingerprint density at radius 1 is 1.04 bits per heavy atom. The fourth-order valence-electron chi connectivity index (χ4n) is 2.12. The number of aryl methyl sites for hydroxylation is 2. The van der Waals surface area contributed by atoms with Gasteiger partial charge in [-0.1, -0.05) is 41.6 Å². The van der Waals surface area contributed by atoms with Crippen LogP contribution in [0, 0.1) is 13.8 Å². The first kappa shape index (κ1) is 15.6. The van der Waals surface area contributed by atoms with Crippen LogP contribution in [0.15, 0.2) is 53.7 Å². The van der Waals surface area contributed by atoms with E-state index in [1.807, 2.05) is 36.4 Å². The van der Waals surface area contributed by atoms with E-state index in [1.54, 1.807) is 16.4 Å². The van der Waals surface area contributed by atoms with Crippen LogP contribution in [0.4, 0.5) is 0 Å². The van der Waals surface area contributed by atoms with Gasteiger partial charge in [0.05, 0.1) is 12.3 Å². The lowest BCUT2D eigenvalue weighted by Crippen LogP contribution is -2.03. The molecule has 23 heavy (non-hydrogen) atoms. The van der Waals surface area contributed by atoms with Crippen molar-refractivity contribution in [3.8, 4) is 11.4 Å². The Balaban J connectivity index is 1.57. The summed E-state index contributed by atoms with van der Waals surface area (Å²) in [5, 5.41) is 12.7. The predicted octanol–water partition coefficient (Wildman–Crippen LogP) is 3.45. The molecule has 0 spiro atoms. The van der Waals surface area contributed by atoms with E-state index in [4.69, 9.17) is 4.74 Å². The van der Waals surface area contributed by atoms with Crippen LogP contribution in [-0.4, -0.2) is 32.6 Å². The third kappa shape index (κ3) is 4.10. The van der Waals surface area contributed by atoms with E-state index < -0.39 is 0 Å². The number of hydrogen-bond acceptors (Lipinski definition) is 5. The molecule has 0 N–H and O–H groups in total. The molecule has 5 nitrogen and oxygen atoms in total. The molecule has 0 saturated heterocycles. The van der Waals surface area contributed by atoms with Crippen molar-refractivity contribution in [1.29, 1.82) is 0 Å². The van der Waals surface area contributed by atoms with E-state index in [9.17, 15) is 0 Å². The molecule has 0 atom stereocenters. The smallest absolute Gasteiger partial charge is 0.214 e. The molecule has 0 aliphatic heterocycles. The van der Waals surface area contributed by atoms with Gasteiger partial charge < -0.3 is 4.74 Å². The second kappa shape index (κ2) is 7.28. The van der Waals surface area contributed by atoms with Crippen molar-refractivity contribution in [3.63, 3.8) is 0 Å². The monoisotopic (exact) mass is 326 g/mol. The second-order valence-corrected chi connectivity index (χ2v) is 6.28. The van der Waals surface area contributed by atoms with Crippen LogP contribution in [0.1, 0.15) is 11.1 Å². The molecule has 3 aromatic rings. The third-order valence-corrected chi connectivity index (χ3v) is 4.17. The first-order valence-corrected chi connectivity index (χ1v) is 8.38. The van der Waals surface area contributed by atoms with E-state index in [0.717, 1.165) is 22.3 Å². The molecule has 0 bridgehead atoms. The Morgan fingerprint density at radius 2 is 1.87 bits per heavy atom. The largest absolute Gasteiger partial charge is 0.493 e. The molecule has 3 rings (SSSR count). The number of tetrazole rings is 1. The summed E-state index contributed by atoms with van der Waals surface area (Å²) in [5.41, 5.74) is 3.37. The number of nitrogens with zero attached hydrogens (tertiary/aromatic N) is 4. The normalized spacial score (nSPS) is 10.7. The van der Waals surface area contributed by atoms with Crippen molar-refractivity contribution in [2.24, 2.45) is 0 Å². The number of thioether (sulfide) groups is 1. The molecule has 118 valence electrons. The molecular weight excluding hydrogens is 308 g/mol. The van der Waals surface area contributed by atoms with Gasteiger partial charge in [-0.05, 0) is 54.1 Å². The lowest BCUT2D eigenvalue weighted by atomic mass is 10.2. The number of rotatable bonds is 6. The third-order valence-electron chi connectivity index (χ3n) is 3.29. The summed E-state index contributed by atoms with van der Waals surface area (Å²) in [5.74, 6) is 1.66. The van der Waals surface area contributed by atoms with Crippen molar-refractivity contribution >= 4 is 11.8 Å². The van der Waals surface area contributed by atoms with Crippen LogP contribution in [0.3, 0.4) is 0 Å². The van der Waals surface area contributed by atoms with Crippen LogP contribution in [-0.2, 0) is 0 Å². The Labute approximate surface area is 139 Å². The van der Waals surface area contributed by atoms with E-state index in [-0.39, 0.29) is 0 Å². The van der Waals surface area contributed by atoms with Crippen molar-refractivity contribution in [1.82, 2.24) is 20.2 Å². The zero-order valence-corrected chi connectivity index (χ0v) is 14.0. The standard InChI is InChI=1S/C17H18N4OS/c1-13-6-8-16(9-7-13)22-10-11-23-17-18-19-20-21(17)15-5-3-4-14(2)12-15/h3-9,12H,10-11H2,1-2H3. The van der Waals surface area contributed by atoms with Crippen molar-refractivity contribution < 1.29 is 4.74 Å². The minimum absolute atomic E-state index is 0.606. The molecule has 0 fully saturated rings. The lowest BCUT2D eigenvalue weighted by Gasteiger charge is -2.07. The highest BCUT2D eigenvalue weighted by atomic mass is 32.2. The highest BCUT2D eigenvalue weighted by Gasteiger charge is 2.09. The van der Waals surface area contributed by atoms with Crippen molar-refractivity contribution in [3.05, 3.63) is 59.7 Å². The molecule has 0 saturated carbocycles. The van der Waals surface area contributed by atoms with Gasteiger partial charge in [0.2, 0.25) is 5.16 Å². The minimum atomic E-state index is 0.606. The molecule has 1 aromatic heterocycles. The van der Waals surface area contributed by atoms with Gasteiger partial charge in [0, 0.05) is 5.75 Å². The van der Waals surface area contributed by atoms with Gasteiger partial charge in [-0.15, -0.1) is 5.10 Å². The topological polar surface area (TPSA) is 52.8 Å². The summed E-state index contributed by atoms with van der Waals surface area (Å²) in [6.07, 6.45) is 0. The molecule has 0 aliphatic carbocycles. The maximum atomic E-state index is 5.73.